The Morgan fingerprint density at radius 3 is 2.47 bits per heavy atom. The first-order valence-corrected chi connectivity index (χ1v) is 9.95. The fourth-order valence-corrected chi connectivity index (χ4v) is 3.36. The maximum Gasteiger partial charge on any atom is 0.332 e. The van der Waals surface area contributed by atoms with Gasteiger partial charge in [-0.1, -0.05) is 6.07 Å². The largest absolute Gasteiger partial charge is 0.504 e. The normalized spacial score (nSPS) is 10.9. The summed E-state index contributed by atoms with van der Waals surface area (Å²) in [6.07, 6.45) is 0. The highest BCUT2D eigenvalue weighted by Crippen LogP contribution is 2.36. The molecule has 1 amide bonds. The van der Waals surface area contributed by atoms with E-state index < -0.39 is 11.6 Å². The first kappa shape index (κ1) is 20.9. The van der Waals surface area contributed by atoms with Crippen LogP contribution < -0.4 is 20.9 Å². The quantitative estimate of drug-likeness (QED) is 0.404. The smallest absolute Gasteiger partial charge is 0.332 e. The molecule has 0 aliphatic heterocycles. The number of hydrogen-bond donors (Lipinski definition) is 3. The first-order chi connectivity index (χ1) is 15.4. The van der Waals surface area contributed by atoms with Gasteiger partial charge in [0.05, 0.1) is 24.5 Å². The summed E-state index contributed by atoms with van der Waals surface area (Å²) >= 11 is 0. The number of H-pyrrole nitrogens is 1. The highest BCUT2D eigenvalue weighted by atomic mass is 16.5. The number of phenols is 1. The van der Waals surface area contributed by atoms with Gasteiger partial charge in [0.2, 0.25) is 0 Å². The Bertz CT molecular complexity index is 1360. The van der Waals surface area contributed by atoms with Crippen molar-refractivity contribution in [1.29, 1.82) is 0 Å². The number of aromatic amines is 1. The molecule has 10 heteroatoms. The van der Waals surface area contributed by atoms with Gasteiger partial charge in [0.1, 0.15) is 11.3 Å². The van der Waals surface area contributed by atoms with E-state index in [2.05, 4.69) is 15.0 Å². The highest BCUT2D eigenvalue weighted by molar-refractivity contribution is 6.02. The molecule has 10 nitrogen and oxygen atoms in total. The molecular formula is C22H21N5O5. The van der Waals surface area contributed by atoms with Crippen molar-refractivity contribution >= 4 is 17.1 Å². The second kappa shape index (κ2) is 8.42. The van der Waals surface area contributed by atoms with Crippen LogP contribution >= 0.6 is 0 Å². The van der Waals surface area contributed by atoms with Crippen LogP contribution in [0.3, 0.4) is 0 Å². The lowest BCUT2D eigenvalue weighted by Gasteiger charge is -2.11. The summed E-state index contributed by atoms with van der Waals surface area (Å²) in [7, 11) is 0. The number of aromatic hydroxyl groups is 1. The van der Waals surface area contributed by atoms with Crippen LogP contribution in [-0.2, 0) is 0 Å². The van der Waals surface area contributed by atoms with Crippen LogP contribution in [0.1, 0.15) is 24.3 Å². The summed E-state index contributed by atoms with van der Waals surface area (Å²) in [5.74, 6) is -0.125. The molecule has 2 heterocycles. The molecular weight excluding hydrogens is 414 g/mol. The maximum absolute atomic E-state index is 12.8. The van der Waals surface area contributed by atoms with Gasteiger partial charge in [-0.25, -0.2) is 19.3 Å². The van der Waals surface area contributed by atoms with Gasteiger partial charge >= 0.3 is 5.69 Å². The van der Waals surface area contributed by atoms with Gasteiger partial charge in [-0.3, -0.25) is 4.79 Å². The summed E-state index contributed by atoms with van der Waals surface area (Å²) in [5.41, 5.74) is 5.80. The lowest BCUT2D eigenvalue weighted by Crippen LogP contribution is -2.15. The number of carbonyl (C=O) groups excluding carboxylic acids is 1. The third-order valence-corrected chi connectivity index (χ3v) is 4.72. The third-order valence-electron chi connectivity index (χ3n) is 4.72. The Kier molecular flexibility index (Phi) is 5.50. The number of phenolic OH excluding ortho intramolecular Hbond substituents is 1. The number of nitrogens with one attached hydrogen (secondary N) is 1. The number of aromatic nitrogens is 4. The molecule has 0 bridgehead atoms. The van der Waals surface area contributed by atoms with Crippen molar-refractivity contribution in [3.8, 4) is 34.3 Å². The van der Waals surface area contributed by atoms with Crippen LogP contribution in [0.4, 0.5) is 0 Å². The van der Waals surface area contributed by atoms with Crippen LogP contribution in [0.2, 0.25) is 0 Å². The maximum atomic E-state index is 12.8. The number of carbonyl (C=O) groups is 1. The Hall–Kier alpha value is -4.34. The number of primary amides is 1. The molecule has 0 unspecified atom stereocenters. The molecule has 32 heavy (non-hydrogen) atoms. The minimum absolute atomic E-state index is 0.0176. The molecule has 2 aromatic heterocycles. The number of ether oxygens (including phenoxy) is 2. The van der Waals surface area contributed by atoms with E-state index in [4.69, 9.17) is 15.2 Å². The molecule has 0 aliphatic carbocycles. The van der Waals surface area contributed by atoms with Crippen LogP contribution in [0.5, 0.6) is 17.2 Å². The lowest BCUT2D eigenvalue weighted by molar-refractivity contribution is 0.0997. The summed E-state index contributed by atoms with van der Waals surface area (Å²) in [4.78, 5) is 36.2. The van der Waals surface area contributed by atoms with Crippen LogP contribution in [0.15, 0.2) is 47.3 Å². The highest BCUT2D eigenvalue weighted by Gasteiger charge is 2.22. The van der Waals surface area contributed by atoms with E-state index in [1.807, 2.05) is 6.92 Å². The van der Waals surface area contributed by atoms with Gasteiger partial charge in [0.25, 0.3) is 5.91 Å². The minimum Gasteiger partial charge on any atom is -0.504 e. The number of hydrogen-bond acceptors (Lipinski definition) is 7. The summed E-state index contributed by atoms with van der Waals surface area (Å²) in [6, 6.07) is 11.7. The van der Waals surface area contributed by atoms with E-state index in [-0.39, 0.29) is 39.7 Å². The summed E-state index contributed by atoms with van der Waals surface area (Å²) in [5, 5.41) is 10.6. The zero-order valence-corrected chi connectivity index (χ0v) is 17.5. The molecule has 0 atom stereocenters. The molecule has 2 aromatic carbocycles. The van der Waals surface area contributed by atoms with Crippen LogP contribution in [0.25, 0.3) is 28.2 Å². The second-order valence-corrected chi connectivity index (χ2v) is 6.74. The Morgan fingerprint density at radius 2 is 1.81 bits per heavy atom. The molecule has 0 saturated heterocycles. The van der Waals surface area contributed by atoms with Crippen LogP contribution in [0, 0.1) is 0 Å². The predicted octanol–water partition coefficient (Wildman–Crippen LogP) is 2.38. The third kappa shape index (κ3) is 3.62. The average molecular weight is 435 g/mol. The predicted molar refractivity (Wildman–Crippen MR) is 117 cm³/mol. The van der Waals surface area contributed by atoms with E-state index >= 15 is 0 Å². The van der Waals surface area contributed by atoms with Crippen molar-refractivity contribution in [3.05, 3.63) is 58.6 Å². The monoisotopic (exact) mass is 435 g/mol. The number of imidazole rings is 1. The van der Waals surface area contributed by atoms with Crippen molar-refractivity contribution in [3.63, 3.8) is 0 Å². The number of rotatable bonds is 7. The number of para-hydroxylation sites is 1. The van der Waals surface area contributed by atoms with Crippen molar-refractivity contribution in [1.82, 2.24) is 19.5 Å². The number of nitrogens with zero attached hydrogens (tertiary/aromatic N) is 3. The molecule has 4 rings (SSSR count). The number of benzene rings is 2. The van der Waals surface area contributed by atoms with Crippen molar-refractivity contribution in [2.75, 3.05) is 13.2 Å². The van der Waals surface area contributed by atoms with Crippen molar-refractivity contribution in [2.24, 2.45) is 5.73 Å². The van der Waals surface area contributed by atoms with Gasteiger partial charge in [-0.15, -0.1) is 0 Å². The molecule has 4 aromatic rings. The first-order valence-electron chi connectivity index (χ1n) is 9.95. The van der Waals surface area contributed by atoms with Gasteiger partial charge in [-0.2, -0.15) is 0 Å². The lowest BCUT2D eigenvalue weighted by atomic mass is 10.1. The molecule has 164 valence electrons. The number of fused-ring (bicyclic) bond motifs is 1. The molecule has 0 spiro atoms. The standard InChI is InChI=1S/C22H21N5O5/c1-3-31-13-10-8-12(9-11-13)27-21-17(25-22(27)30)16(19(23)29)24-20(26-21)14-6-5-7-15(18(14)28)32-4-2/h5-11,28H,3-4H2,1-2H3,(H2,23,29)(H,25,30). The van der Waals surface area contributed by atoms with Crippen LogP contribution in [-0.4, -0.2) is 43.7 Å². The Labute approximate surface area is 182 Å². The molecule has 4 N–H and O–H groups in total. The Balaban J connectivity index is 1.96. The average Bonchev–Trinajstić information content (AvgIpc) is 3.11. The zero-order chi connectivity index (χ0) is 22.8. The second-order valence-electron chi connectivity index (χ2n) is 6.74. The van der Waals surface area contributed by atoms with Crippen molar-refractivity contribution < 1.29 is 19.4 Å². The molecule has 0 aliphatic rings. The van der Waals surface area contributed by atoms with Gasteiger partial charge in [-0.05, 0) is 50.2 Å². The number of amides is 1. The van der Waals surface area contributed by atoms with Crippen molar-refractivity contribution in [2.45, 2.75) is 13.8 Å². The van der Waals surface area contributed by atoms with Gasteiger partial charge in [0.15, 0.2) is 28.7 Å². The topological polar surface area (TPSA) is 145 Å². The molecule has 0 fully saturated rings. The summed E-state index contributed by atoms with van der Waals surface area (Å²) in [6.45, 7) is 4.51. The van der Waals surface area contributed by atoms with E-state index in [9.17, 15) is 14.7 Å². The zero-order valence-electron chi connectivity index (χ0n) is 17.5. The molecule has 0 saturated carbocycles. The Morgan fingerprint density at radius 1 is 1.09 bits per heavy atom. The summed E-state index contributed by atoms with van der Waals surface area (Å²) < 4.78 is 12.2. The molecule has 0 radical (unpaired) electrons. The fraction of sp³-hybridized carbons (Fsp3) is 0.182. The minimum atomic E-state index is -0.848. The number of nitrogens with two attached hydrogens (primary N) is 1. The SMILES string of the molecule is CCOc1ccc(-n2c(=O)[nH]c3c(C(N)=O)nc(-c4cccc(OCC)c4O)nc32)cc1. The van der Waals surface area contributed by atoms with E-state index in [1.54, 1.807) is 49.4 Å². The van der Waals surface area contributed by atoms with E-state index in [0.29, 0.717) is 24.7 Å². The van der Waals surface area contributed by atoms with Gasteiger partial charge < -0.3 is 25.3 Å². The van der Waals surface area contributed by atoms with Gasteiger partial charge in [0, 0.05) is 0 Å². The fourth-order valence-electron chi connectivity index (χ4n) is 3.36. The van der Waals surface area contributed by atoms with E-state index in [1.165, 1.54) is 4.57 Å². The van der Waals surface area contributed by atoms with E-state index in [0.717, 1.165) is 0 Å².